The molecule has 0 amide bonds. The zero-order valence-corrected chi connectivity index (χ0v) is 12.2. The molecule has 1 aromatic carbocycles. The number of benzene rings is 1. The molecule has 2 heterocycles. The molecule has 0 aliphatic carbocycles. The van der Waals surface area contributed by atoms with Gasteiger partial charge in [-0.1, -0.05) is 0 Å². The highest BCUT2D eigenvalue weighted by Gasteiger charge is 2.18. The maximum atomic E-state index is 13.7. The van der Waals surface area contributed by atoms with Crippen molar-refractivity contribution in [3.63, 3.8) is 0 Å². The van der Waals surface area contributed by atoms with Crippen molar-refractivity contribution in [1.82, 2.24) is 14.5 Å². The van der Waals surface area contributed by atoms with Crippen LogP contribution in [0.5, 0.6) is 0 Å². The van der Waals surface area contributed by atoms with Crippen LogP contribution in [0, 0.1) is 17.1 Å². The average Bonchev–Trinajstić information content (AvgIpc) is 2.55. The molecule has 0 saturated heterocycles. The number of rotatable bonds is 2. The van der Waals surface area contributed by atoms with Crippen molar-refractivity contribution in [1.29, 1.82) is 5.26 Å². The quantitative estimate of drug-likeness (QED) is 0.778. The number of nitrogens with two attached hydrogens (primary N) is 1. The highest BCUT2D eigenvalue weighted by atomic mass is 19.1. The zero-order valence-electron chi connectivity index (χ0n) is 12.2. The number of fused-ring (bicyclic) bond motifs is 1. The van der Waals surface area contributed by atoms with E-state index in [9.17, 15) is 9.18 Å². The molecule has 114 valence electrons. The first-order valence-electron chi connectivity index (χ1n) is 6.85. The highest BCUT2D eigenvalue weighted by molar-refractivity contribution is 5.83. The predicted molar refractivity (Wildman–Crippen MR) is 82.4 cm³/mol. The van der Waals surface area contributed by atoms with Gasteiger partial charge in [0, 0.05) is 6.20 Å². The van der Waals surface area contributed by atoms with E-state index in [2.05, 4.69) is 9.97 Å². The monoisotopic (exact) mass is 309 g/mol. The summed E-state index contributed by atoms with van der Waals surface area (Å²) >= 11 is 0. The molecule has 0 saturated carbocycles. The van der Waals surface area contributed by atoms with E-state index >= 15 is 0 Å². The summed E-state index contributed by atoms with van der Waals surface area (Å²) in [6.45, 7) is 1.68. The molecule has 1 atom stereocenters. The SMILES string of the molecule is C[C@H](N)c1nc2c(C#N)cc(F)cc2c(=O)n1-c1cccnc1. The largest absolute Gasteiger partial charge is 0.322 e. The predicted octanol–water partition coefficient (Wildman–Crippen LogP) is 1.81. The molecule has 23 heavy (non-hydrogen) atoms. The van der Waals surface area contributed by atoms with Crippen LogP contribution < -0.4 is 11.3 Å². The van der Waals surface area contributed by atoms with E-state index in [1.807, 2.05) is 6.07 Å². The Hall–Kier alpha value is -3.11. The molecule has 0 fully saturated rings. The lowest BCUT2D eigenvalue weighted by atomic mass is 10.1. The van der Waals surface area contributed by atoms with E-state index in [0.29, 0.717) is 5.69 Å². The smallest absolute Gasteiger partial charge is 0.266 e. The highest BCUT2D eigenvalue weighted by Crippen LogP contribution is 2.20. The van der Waals surface area contributed by atoms with Gasteiger partial charge in [0.1, 0.15) is 17.7 Å². The molecule has 3 rings (SSSR count). The van der Waals surface area contributed by atoms with Crippen LogP contribution in [-0.4, -0.2) is 14.5 Å². The molecule has 3 aromatic rings. The van der Waals surface area contributed by atoms with Gasteiger partial charge in [-0.05, 0) is 31.2 Å². The van der Waals surface area contributed by atoms with E-state index in [-0.39, 0.29) is 22.3 Å². The third-order valence-corrected chi connectivity index (χ3v) is 3.40. The minimum Gasteiger partial charge on any atom is -0.322 e. The van der Waals surface area contributed by atoms with Gasteiger partial charge in [-0.2, -0.15) is 5.26 Å². The lowest BCUT2D eigenvalue weighted by molar-refractivity contribution is 0.628. The second-order valence-electron chi connectivity index (χ2n) is 5.07. The Bertz CT molecular complexity index is 989. The van der Waals surface area contributed by atoms with Gasteiger partial charge >= 0.3 is 0 Å². The molecule has 6 nitrogen and oxygen atoms in total. The zero-order chi connectivity index (χ0) is 16.6. The van der Waals surface area contributed by atoms with Crippen LogP contribution in [0.3, 0.4) is 0 Å². The fraction of sp³-hybridized carbons (Fsp3) is 0.125. The Kier molecular flexibility index (Phi) is 3.60. The van der Waals surface area contributed by atoms with Gasteiger partial charge < -0.3 is 5.73 Å². The molecule has 0 radical (unpaired) electrons. The van der Waals surface area contributed by atoms with Gasteiger partial charge in [-0.3, -0.25) is 14.3 Å². The topological polar surface area (TPSA) is 97.6 Å². The van der Waals surface area contributed by atoms with Crippen LogP contribution in [0.25, 0.3) is 16.6 Å². The fourth-order valence-corrected chi connectivity index (χ4v) is 2.40. The molecular weight excluding hydrogens is 297 g/mol. The summed E-state index contributed by atoms with van der Waals surface area (Å²) < 4.78 is 15.0. The van der Waals surface area contributed by atoms with Crippen molar-refractivity contribution >= 4 is 10.9 Å². The molecule has 0 aliphatic heterocycles. The Balaban J connectivity index is 2.50. The van der Waals surface area contributed by atoms with Gasteiger partial charge in [0.15, 0.2) is 0 Å². The van der Waals surface area contributed by atoms with Crippen molar-refractivity contribution in [2.24, 2.45) is 5.73 Å². The van der Waals surface area contributed by atoms with Gasteiger partial charge in [0.2, 0.25) is 0 Å². The first kappa shape index (κ1) is 14.8. The molecule has 7 heteroatoms. The number of nitrogens with zero attached hydrogens (tertiary/aromatic N) is 4. The third kappa shape index (κ3) is 2.45. The summed E-state index contributed by atoms with van der Waals surface area (Å²) in [6, 6.07) is 6.76. The van der Waals surface area contributed by atoms with Crippen molar-refractivity contribution in [3.8, 4) is 11.8 Å². The molecule has 0 unspecified atom stereocenters. The second-order valence-corrected chi connectivity index (χ2v) is 5.07. The van der Waals surface area contributed by atoms with Gasteiger partial charge in [0.05, 0.1) is 34.4 Å². The summed E-state index contributed by atoms with van der Waals surface area (Å²) in [7, 11) is 0. The molecular formula is C16H12FN5O. The summed E-state index contributed by atoms with van der Waals surface area (Å²) in [5.74, 6) is -0.391. The van der Waals surface area contributed by atoms with Crippen LogP contribution in [-0.2, 0) is 0 Å². The number of nitriles is 1. The van der Waals surface area contributed by atoms with Crippen LogP contribution in [0.4, 0.5) is 4.39 Å². The second kappa shape index (κ2) is 5.59. The molecule has 0 spiro atoms. The normalized spacial score (nSPS) is 12.1. The van der Waals surface area contributed by atoms with Crippen LogP contribution in [0.2, 0.25) is 0 Å². The fourth-order valence-electron chi connectivity index (χ4n) is 2.40. The number of aromatic nitrogens is 3. The Labute approximate surface area is 130 Å². The molecule has 2 N–H and O–H groups in total. The van der Waals surface area contributed by atoms with Crippen LogP contribution >= 0.6 is 0 Å². The van der Waals surface area contributed by atoms with E-state index in [1.54, 1.807) is 25.3 Å². The summed E-state index contributed by atoms with van der Waals surface area (Å²) in [6.07, 6.45) is 3.06. The number of hydrogen-bond donors (Lipinski definition) is 1. The molecule has 2 aromatic heterocycles. The maximum Gasteiger partial charge on any atom is 0.266 e. The molecule has 0 aliphatic rings. The summed E-state index contributed by atoms with van der Waals surface area (Å²) in [5, 5.41) is 9.18. The van der Waals surface area contributed by atoms with E-state index in [4.69, 9.17) is 11.0 Å². The summed E-state index contributed by atoms with van der Waals surface area (Å²) in [4.78, 5) is 21.2. The maximum absolute atomic E-state index is 13.7. The van der Waals surface area contributed by atoms with E-state index in [0.717, 1.165) is 12.1 Å². The lowest BCUT2D eigenvalue weighted by Crippen LogP contribution is -2.28. The number of pyridine rings is 1. The van der Waals surface area contributed by atoms with Gasteiger partial charge in [-0.25, -0.2) is 9.37 Å². The van der Waals surface area contributed by atoms with Crippen molar-refractivity contribution in [2.75, 3.05) is 0 Å². The van der Waals surface area contributed by atoms with Crippen molar-refractivity contribution in [3.05, 3.63) is 64.2 Å². The minimum atomic E-state index is -0.667. The Morgan fingerprint density at radius 2 is 2.22 bits per heavy atom. The minimum absolute atomic E-state index is 0.00247. The standard InChI is InChI=1S/C16H12FN5O/c1-9(19)15-21-14-10(7-18)5-11(17)6-13(14)16(23)22(15)12-3-2-4-20-8-12/h2-6,8-9H,19H2,1H3/t9-/m0/s1. The van der Waals surface area contributed by atoms with Crippen molar-refractivity contribution < 1.29 is 4.39 Å². The third-order valence-electron chi connectivity index (χ3n) is 3.40. The van der Waals surface area contributed by atoms with E-state index in [1.165, 1.54) is 10.8 Å². The first-order chi connectivity index (χ1) is 11.0. The summed E-state index contributed by atoms with van der Waals surface area (Å²) in [5.41, 5.74) is 6.06. The first-order valence-corrected chi connectivity index (χ1v) is 6.85. The number of halogens is 1. The lowest BCUT2D eigenvalue weighted by Gasteiger charge is -2.16. The van der Waals surface area contributed by atoms with Crippen molar-refractivity contribution in [2.45, 2.75) is 13.0 Å². The Morgan fingerprint density at radius 1 is 1.43 bits per heavy atom. The van der Waals surface area contributed by atoms with E-state index < -0.39 is 17.4 Å². The van der Waals surface area contributed by atoms with Gasteiger partial charge in [-0.15, -0.1) is 0 Å². The Morgan fingerprint density at radius 3 is 2.83 bits per heavy atom. The van der Waals surface area contributed by atoms with Crippen LogP contribution in [0.1, 0.15) is 24.4 Å². The molecule has 0 bridgehead atoms. The van der Waals surface area contributed by atoms with Crippen LogP contribution in [0.15, 0.2) is 41.5 Å². The average molecular weight is 309 g/mol. The van der Waals surface area contributed by atoms with Gasteiger partial charge in [0.25, 0.3) is 5.56 Å². The number of hydrogen-bond acceptors (Lipinski definition) is 5.